The average Bonchev–Trinajstić information content (AvgIpc) is 2.39. The van der Waals surface area contributed by atoms with Gasteiger partial charge in [-0.3, -0.25) is 4.79 Å². The highest BCUT2D eigenvalue weighted by Gasteiger charge is 2.04. The molecule has 0 fully saturated rings. The van der Waals surface area contributed by atoms with Crippen molar-refractivity contribution in [3.63, 3.8) is 0 Å². The summed E-state index contributed by atoms with van der Waals surface area (Å²) in [6.45, 7) is 1.55. The molecule has 0 saturated heterocycles. The Kier molecular flexibility index (Phi) is 3.99. The van der Waals surface area contributed by atoms with Crippen molar-refractivity contribution >= 4 is 17.5 Å². The van der Waals surface area contributed by atoms with Crippen LogP contribution in [0.15, 0.2) is 52.5 Å². The first-order valence-corrected chi connectivity index (χ1v) is 6.29. The zero-order chi connectivity index (χ0) is 13.0. The molecule has 18 heavy (non-hydrogen) atoms. The molecule has 1 heterocycles. The van der Waals surface area contributed by atoms with Gasteiger partial charge in [-0.2, -0.15) is 0 Å². The highest BCUT2D eigenvalue weighted by molar-refractivity contribution is 7.99. The maximum atomic E-state index is 11.3. The van der Waals surface area contributed by atoms with Crippen LogP contribution in [-0.4, -0.2) is 17.9 Å². The number of rotatable bonds is 4. The third-order valence-corrected chi connectivity index (χ3v) is 3.33. The standard InChI is InChI=1S/C14H13NO2S/c1-10(16)11-6-7-15-14(8-11)18-13-5-3-4-12(9-13)17-2/h3-9H,1-2H3. The van der Waals surface area contributed by atoms with Crippen molar-refractivity contribution in [3.05, 3.63) is 48.2 Å². The predicted molar refractivity (Wildman–Crippen MR) is 71.4 cm³/mol. The van der Waals surface area contributed by atoms with Gasteiger partial charge in [-0.15, -0.1) is 0 Å². The Labute approximate surface area is 110 Å². The SMILES string of the molecule is COc1cccc(Sc2cc(C(C)=O)ccn2)c1. The Hall–Kier alpha value is -1.81. The van der Waals surface area contributed by atoms with Crippen molar-refractivity contribution in [3.8, 4) is 5.75 Å². The Morgan fingerprint density at radius 3 is 2.83 bits per heavy atom. The Morgan fingerprint density at radius 2 is 2.11 bits per heavy atom. The molecule has 0 atom stereocenters. The first-order valence-electron chi connectivity index (χ1n) is 5.48. The van der Waals surface area contributed by atoms with Gasteiger partial charge in [0.05, 0.1) is 7.11 Å². The summed E-state index contributed by atoms with van der Waals surface area (Å²) in [6.07, 6.45) is 1.65. The molecule has 0 unspecified atom stereocenters. The molecule has 0 aliphatic carbocycles. The molecule has 0 saturated carbocycles. The van der Waals surface area contributed by atoms with Crippen molar-refractivity contribution in [1.29, 1.82) is 0 Å². The van der Waals surface area contributed by atoms with Crippen LogP contribution < -0.4 is 4.74 Å². The lowest BCUT2D eigenvalue weighted by Crippen LogP contribution is -1.93. The quantitative estimate of drug-likeness (QED) is 0.788. The van der Waals surface area contributed by atoms with E-state index in [4.69, 9.17) is 4.74 Å². The van der Waals surface area contributed by atoms with Gasteiger partial charge < -0.3 is 4.74 Å². The van der Waals surface area contributed by atoms with Crippen molar-refractivity contribution in [2.45, 2.75) is 16.8 Å². The molecule has 3 nitrogen and oxygen atoms in total. The Balaban J connectivity index is 2.22. The van der Waals surface area contributed by atoms with Crippen LogP contribution in [0.25, 0.3) is 0 Å². The van der Waals surface area contributed by atoms with Crippen LogP contribution in [0.5, 0.6) is 5.75 Å². The van der Waals surface area contributed by atoms with Gasteiger partial charge in [0.2, 0.25) is 0 Å². The molecule has 0 aliphatic rings. The van der Waals surface area contributed by atoms with E-state index in [9.17, 15) is 4.79 Å². The van der Waals surface area contributed by atoms with Gasteiger partial charge in [0.15, 0.2) is 5.78 Å². The number of hydrogen-bond donors (Lipinski definition) is 0. The molecule has 0 N–H and O–H groups in total. The smallest absolute Gasteiger partial charge is 0.159 e. The number of hydrogen-bond acceptors (Lipinski definition) is 4. The van der Waals surface area contributed by atoms with Gasteiger partial charge >= 0.3 is 0 Å². The van der Waals surface area contributed by atoms with Crippen LogP contribution >= 0.6 is 11.8 Å². The van der Waals surface area contributed by atoms with Gasteiger partial charge in [-0.05, 0) is 37.3 Å². The summed E-state index contributed by atoms with van der Waals surface area (Å²) < 4.78 is 5.17. The topological polar surface area (TPSA) is 39.2 Å². The second kappa shape index (κ2) is 5.69. The average molecular weight is 259 g/mol. The molecule has 92 valence electrons. The van der Waals surface area contributed by atoms with Crippen LogP contribution in [0.3, 0.4) is 0 Å². The normalized spacial score (nSPS) is 10.1. The first kappa shape index (κ1) is 12.6. The molecule has 0 amide bonds. The summed E-state index contributed by atoms with van der Waals surface area (Å²) in [5.74, 6) is 0.854. The van der Waals surface area contributed by atoms with E-state index in [-0.39, 0.29) is 5.78 Å². The minimum absolute atomic E-state index is 0.0462. The van der Waals surface area contributed by atoms with Crippen LogP contribution in [0.2, 0.25) is 0 Å². The maximum absolute atomic E-state index is 11.3. The zero-order valence-electron chi connectivity index (χ0n) is 10.2. The molecule has 2 aromatic rings. The molecule has 0 aliphatic heterocycles. The van der Waals surface area contributed by atoms with E-state index in [2.05, 4.69) is 4.98 Å². The molecule has 1 aromatic heterocycles. The van der Waals surface area contributed by atoms with E-state index in [0.29, 0.717) is 5.56 Å². The Bertz CT molecular complexity index is 569. The summed E-state index contributed by atoms with van der Waals surface area (Å²) in [5.41, 5.74) is 0.676. The van der Waals surface area contributed by atoms with Crippen molar-refractivity contribution in [1.82, 2.24) is 4.98 Å². The van der Waals surface area contributed by atoms with Crippen LogP contribution in [-0.2, 0) is 0 Å². The van der Waals surface area contributed by atoms with E-state index in [1.54, 1.807) is 32.4 Å². The Morgan fingerprint density at radius 1 is 1.28 bits per heavy atom. The third kappa shape index (κ3) is 3.11. The lowest BCUT2D eigenvalue weighted by Gasteiger charge is -2.04. The van der Waals surface area contributed by atoms with E-state index in [0.717, 1.165) is 15.7 Å². The molecule has 0 spiro atoms. The fourth-order valence-electron chi connectivity index (χ4n) is 1.47. The van der Waals surface area contributed by atoms with Crippen molar-refractivity contribution < 1.29 is 9.53 Å². The summed E-state index contributed by atoms with van der Waals surface area (Å²) in [7, 11) is 1.64. The molecule has 0 bridgehead atoms. The summed E-state index contributed by atoms with van der Waals surface area (Å²) >= 11 is 1.51. The van der Waals surface area contributed by atoms with Gasteiger partial charge in [0.1, 0.15) is 10.8 Å². The van der Waals surface area contributed by atoms with Gasteiger partial charge in [-0.1, -0.05) is 17.8 Å². The summed E-state index contributed by atoms with van der Waals surface area (Å²) in [4.78, 5) is 16.6. The highest BCUT2D eigenvalue weighted by Crippen LogP contribution is 2.28. The number of carbonyl (C=O) groups is 1. The lowest BCUT2D eigenvalue weighted by atomic mass is 10.2. The number of ether oxygens (including phenoxy) is 1. The largest absolute Gasteiger partial charge is 0.497 e. The fraction of sp³-hybridized carbons (Fsp3) is 0.143. The van der Waals surface area contributed by atoms with Crippen LogP contribution in [0.4, 0.5) is 0 Å². The zero-order valence-corrected chi connectivity index (χ0v) is 11.0. The molecule has 4 heteroatoms. The molecular formula is C14H13NO2S. The number of aromatic nitrogens is 1. The monoisotopic (exact) mass is 259 g/mol. The number of pyridine rings is 1. The molecular weight excluding hydrogens is 246 g/mol. The van der Waals surface area contributed by atoms with E-state index >= 15 is 0 Å². The molecule has 1 aromatic carbocycles. The summed E-state index contributed by atoms with van der Waals surface area (Å²) in [5, 5.41) is 0.802. The van der Waals surface area contributed by atoms with E-state index in [1.165, 1.54) is 11.8 Å². The lowest BCUT2D eigenvalue weighted by molar-refractivity contribution is 0.101. The van der Waals surface area contributed by atoms with Crippen molar-refractivity contribution in [2.24, 2.45) is 0 Å². The molecule has 0 radical (unpaired) electrons. The number of benzene rings is 1. The second-order valence-electron chi connectivity index (χ2n) is 3.72. The number of methoxy groups -OCH3 is 1. The predicted octanol–water partition coefficient (Wildman–Crippen LogP) is 3.44. The minimum Gasteiger partial charge on any atom is -0.497 e. The van der Waals surface area contributed by atoms with Crippen LogP contribution in [0.1, 0.15) is 17.3 Å². The van der Waals surface area contributed by atoms with Gasteiger partial charge in [0, 0.05) is 16.7 Å². The van der Waals surface area contributed by atoms with Gasteiger partial charge in [0.25, 0.3) is 0 Å². The number of carbonyl (C=O) groups excluding carboxylic acids is 1. The minimum atomic E-state index is 0.0462. The van der Waals surface area contributed by atoms with Crippen LogP contribution in [0, 0.1) is 0 Å². The van der Waals surface area contributed by atoms with Crippen molar-refractivity contribution in [2.75, 3.05) is 7.11 Å². The first-order chi connectivity index (χ1) is 8.69. The highest BCUT2D eigenvalue weighted by atomic mass is 32.2. The number of nitrogens with zero attached hydrogens (tertiary/aromatic N) is 1. The number of ketones is 1. The van der Waals surface area contributed by atoms with E-state index in [1.807, 2.05) is 24.3 Å². The second-order valence-corrected chi connectivity index (χ2v) is 4.81. The van der Waals surface area contributed by atoms with Gasteiger partial charge in [-0.25, -0.2) is 4.98 Å². The summed E-state index contributed by atoms with van der Waals surface area (Å²) in [6, 6.07) is 11.3. The fourth-order valence-corrected chi connectivity index (χ4v) is 2.33. The number of Topliss-reactive ketones (excluding diaryl/α,β-unsaturated/α-hetero) is 1. The maximum Gasteiger partial charge on any atom is 0.159 e. The van der Waals surface area contributed by atoms with E-state index < -0.39 is 0 Å². The molecule has 2 rings (SSSR count). The third-order valence-electron chi connectivity index (χ3n) is 2.40.